The van der Waals surface area contributed by atoms with Gasteiger partial charge in [0.1, 0.15) is 0 Å². The van der Waals surface area contributed by atoms with E-state index in [1.807, 2.05) is 19.1 Å². The monoisotopic (exact) mass is 488 g/mol. The van der Waals surface area contributed by atoms with Gasteiger partial charge in [-0.15, -0.1) is 0 Å². The van der Waals surface area contributed by atoms with Gasteiger partial charge in [0, 0.05) is 17.6 Å². The molecule has 0 fully saturated rings. The van der Waals surface area contributed by atoms with E-state index in [0.29, 0.717) is 27.8 Å². The fraction of sp³-hybridized carbons (Fsp3) is 0.208. The van der Waals surface area contributed by atoms with E-state index in [1.54, 1.807) is 44.6 Å². The number of sulfonamides is 1. The van der Waals surface area contributed by atoms with E-state index < -0.39 is 10.0 Å². The Morgan fingerprint density at radius 2 is 1.55 bits per heavy atom. The van der Waals surface area contributed by atoms with Gasteiger partial charge < -0.3 is 14.8 Å². The summed E-state index contributed by atoms with van der Waals surface area (Å²) in [7, 11) is 0.811. The van der Waals surface area contributed by atoms with Crippen LogP contribution in [0.1, 0.15) is 28.9 Å². The zero-order valence-electron chi connectivity index (χ0n) is 18.7. The minimum Gasteiger partial charge on any atom is -0.493 e. The zero-order chi connectivity index (χ0) is 24.2. The Kier molecular flexibility index (Phi) is 7.50. The summed E-state index contributed by atoms with van der Waals surface area (Å²) < 4.78 is 37.4. The molecule has 1 atom stereocenters. The number of carbonyl (C=O) groups is 1. The molecule has 1 amide bonds. The van der Waals surface area contributed by atoms with Gasteiger partial charge in [0.05, 0.1) is 30.8 Å². The maximum atomic E-state index is 12.8. The summed E-state index contributed by atoms with van der Waals surface area (Å²) in [6, 6.07) is 17.4. The van der Waals surface area contributed by atoms with Crippen LogP contribution in [0.5, 0.6) is 11.5 Å². The maximum Gasteiger partial charge on any atom is 0.264 e. The van der Waals surface area contributed by atoms with Crippen molar-refractivity contribution in [1.29, 1.82) is 0 Å². The minimum atomic E-state index is -3.76. The quantitative estimate of drug-likeness (QED) is 0.498. The van der Waals surface area contributed by atoms with E-state index in [-0.39, 0.29) is 16.8 Å². The molecule has 0 saturated carbocycles. The number of amides is 1. The van der Waals surface area contributed by atoms with Crippen LogP contribution in [0.2, 0.25) is 5.02 Å². The van der Waals surface area contributed by atoms with Crippen LogP contribution in [-0.4, -0.2) is 35.6 Å². The van der Waals surface area contributed by atoms with E-state index in [9.17, 15) is 13.2 Å². The Morgan fingerprint density at radius 1 is 0.939 bits per heavy atom. The molecule has 174 valence electrons. The number of halogens is 1. The largest absolute Gasteiger partial charge is 0.493 e. The zero-order valence-corrected chi connectivity index (χ0v) is 20.3. The molecule has 7 nitrogen and oxygen atoms in total. The first-order valence-corrected chi connectivity index (χ1v) is 11.9. The third-order valence-corrected chi connectivity index (χ3v) is 7.27. The maximum absolute atomic E-state index is 12.8. The number of nitrogens with zero attached hydrogens (tertiary/aromatic N) is 1. The first kappa shape index (κ1) is 24.4. The van der Waals surface area contributed by atoms with Crippen molar-refractivity contribution in [3.63, 3.8) is 0 Å². The molecule has 0 aliphatic rings. The average Bonchev–Trinajstić information content (AvgIpc) is 2.83. The van der Waals surface area contributed by atoms with Gasteiger partial charge in [-0.25, -0.2) is 8.42 Å². The van der Waals surface area contributed by atoms with Crippen LogP contribution in [0.4, 0.5) is 5.69 Å². The highest BCUT2D eigenvalue weighted by molar-refractivity contribution is 7.92. The SMILES string of the molecule is COc1ccc([C@@H](C)NC(=O)c2ccc(N(C)S(=O)(=O)c3ccc(Cl)cc3)cc2)cc1OC. The fourth-order valence-corrected chi connectivity index (χ4v) is 4.53. The lowest BCUT2D eigenvalue weighted by molar-refractivity contribution is 0.0940. The first-order valence-electron chi connectivity index (χ1n) is 10.0. The highest BCUT2D eigenvalue weighted by Gasteiger charge is 2.22. The summed E-state index contributed by atoms with van der Waals surface area (Å²) in [5, 5.41) is 3.38. The molecule has 0 aromatic heterocycles. The summed E-state index contributed by atoms with van der Waals surface area (Å²) in [5.41, 5.74) is 1.68. The molecular weight excluding hydrogens is 464 g/mol. The molecule has 3 rings (SSSR count). The van der Waals surface area contributed by atoms with Gasteiger partial charge in [0.2, 0.25) is 0 Å². The van der Waals surface area contributed by atoms with E-state index >= 15 is 0 Å². The Labute approximate surface area is 198 Å². The highest BCUT2D eigenvalue weighted by Crippen LogP contribution is 2.30. The first-order chi connectivity index (χ1) is 15.7. The van der Waals surface area contributed by atoms with Crippen LogP contribution in [0.25, 0.3) is 0 Å². The van der Waals surface area contributed by atoms with Crippen LogP contribution in [0.15, 0.2) is 71.6 Å². The van der Waals surface area contributed by atoms with E-state index in [4.69, 9.17) is 21.1 Å². The third-order valence-electron chi connectivity index (χ3n) is 5.22. The van der Waals surface area contributed by atoms with E-state index in [2.05, 4.69) is 5.32 Å². The van der Waals surface area contributed by atoms with Gasteiger partial charge >= 0.3 is 0 Å². The highest BCUT2D eigenvalue weighted by atomic mass is 35.5. The predicted octanol–water partition coefficient (Wildman–Crippen LogP) is 4.67. The molecule has 9 heteroatoms. The van der Waals surface area contributed by atoms with Gasteiger partial charge in [0.15, 0.2) is 11.5 Å². The molecule has 0 saturated heterocycles. The number of methoxy groups -OCH3 is 2. The number of ether oxygens (including phenoxy) is 2. The van der Waals surface area contributed by atoms with E-state index in [1.165, 1.54) is 31.3 Å². The third kappa shape index (κ3) is 5.40. The van der Waals surface area contributed by atoms with Gasteiger partial charge in [-0.2, -0.15) is 0 Å². The molecule has 0 bridgehead atoms. The minimum absolute atomic E-state index is 0.125. The van der Waals surface area contributed by atoms with Crippen LogP contribution in [0.3, 0.4) is 0 Å². The van der Waals surface area contributed by atoms with Gasteiger partial charge in [0.25, 0.3) is 15.9 Å². The molecule has 1 N–H and O–H groups in total. The molecule has 0 aliphatic carbocycles. The Balaban J connectivity index is 1.73. The molecule has 0 unspecified atom stereocenters. The Morgan fingerprint density at radius 3 is 2.12 bits per heavy atom. The molecule has 0 radical (unpaired) electrons. The van der Waals surface area contributed by atoms with Crippen LogP contribution >= 0.6 is 11.6 Å². The number of anilines is 1. The van der Waals surface area contributed by atoms with Crippen molar-refractivity contribution in [2.24, 2.45) is 0 Å². The summed E-state index contributed by atoms with van der Waals surface area (Å²) in [4.78, 5) is 12.9. The Hall–Kier alpha value is -3.23. The normalized spacial score (nSPS) is 12.0. The van der Waals surface area contributed by atoms with Crippen LogP contribution < -0.4 is 19.1 Å². The summed E-state index contributed by atoms with van der Waals surface area (Å²) >= 11 is 5.85. The second kappa shape index (κ2) is 10.1. The van der Waals surface area contributed by atoms with Crippen molar-refractivity contribution in [1.82, 2.24) is 5.32 Å². The molecule has 0 spiro atoms. The lowest BCUT2D eigenvalue weighted by Crippen LogP contribution is -2.28. The Bertz CT molecular complexity index is 1230. The van der Waals surface area contributed by atoms with Crippen LogP contribution in [0, 0.1) is 0 Å². The van der Waals surface area contributed by atoms with Crippen molar-refractivity contribution in [3.05, 3.63) is 82.9 Å². The summed E-state index contributed by atoms with van der Waals surface area (Å²) in [6.07, 6.45) is 0. The fourth-order valence-electron chi connectivity index (χ4n) is 3.21. The van der Waals surface area contributed by atoms with E-state index in [0.717, 1.165) is 9.87 Å². The topological polar surface area (TPSA) is 84.9 Å². The second-order valence-electron chi connectivity index (χ2n) is 7.28. The number of rotatable bonds is 8. The van der Waals surface area contributed by atoms with Crippen molar-refractivity contribution >= 4 is 33.2 Å². The number of carbonyl (C=O) groups excluding carboxylic acids is 1. The van der Waals surface area contributed by atoms with Crippen molar-refractivity contribution in [2.45, 2.75) is 17.9 Å². The molecule has 0 aliphatic heterocycles. The lowest BCUT2D eigenvalue weighted by atomic mass is 10.1. The van der Waals surface area contributed by atoms with Crippen molar-refractivity contribution < 1.29 is 22.7 Å². The second-order valence-corrected chi connectivity index (χ2v) is 9.69. The molecule has 3 aromatic rings. The smallest absolute Gasteiger partial charge is 0.264 e. The van der Waals surface area contributed by atoms with Gasteiger partial charge in [-0.05, 0) is 73.2 Å². The molecule has 3 aromatic carbocycles. The van der Waals surface area contributed by atoms with Gasteiger partial charge in [-0.3, -0.25) is 9.10 Å². The summed E-state index contributed by atoms with van der Waals surface area (Å²) in [6.45, 7) is 1.86. The molecular formula is C24H25ClN2O5S. The molecule has 0 heterocycles. The number of nitrogens with one attached hydrogen (secondary N) is 1. The van der Waals surface area contributed by atoms with Gasteiger partial charge in [-0.1, -0.05) is 17.7 Å². The standard InChI is InChI=1S/C24H25ClN2O5S/c1-16(18-7-14-22(31-3)23(15-18)32-4)26-24(28)17-5-10-20(11-6-17)27(2)33(29,30)21-12-8-19(25)9-13-21/h5-16H,1-4H3,(H,26,28)/t16-/m1/s1. The van der Waals surface area contributed by atoms with Crippen LogP contribution in [-0.2, 0) is 10.0 Å². The van der Waals surface area contributed by atoms with Crippen molar-refractivity contribution in [2.75, 3.05) is 25.6 Å². The lowest BCUT2D eigenvalue weighted by Gasteiger charge is -2.20. The number of benzene rings is 3. The molecule has 33 heavy (non-hydrogen) atoms. The van der Waals surface area contributed by atoms with Crippen molar-refractivity contribution in [3.8, 4) is 11.5 Å². The predicted molar refractivity (Wildman–Crippen MR) is 129 cm³/mol. The number of hydrogen-bond donors (Lipinski definition) is 1. The average molecular weight is 489 g/mol. The number of hydrogen-bond acceptors (Lipinski definition) is 5. The summed E-state index contributed by atoms with van der Waals surface area (Å²) in [5.74, 6) is 0.894.